The minimum Gasteiger partial charge on any atom is -0.493 e. The van der Waals surface area contributed by atoms with Crippen LogP contribution in [0.5, 0.6) is 11.5 Å². The van der Waals surface area contributed by atoms with Gasteiger partial charge in [0.25, 0.3) is 11.7 Å². The summed E-state index contributed by atoms with van der Waals surface area (Å²) in [6.07, 6.45) is 0.592. The first-order valence-electron chi connectivity index (χ1n) is 16.2. The lowest BCUT2D eigenvalue weighted by atomic mass is 9.90. The second-order valence-corrected chi connectivity index (χ2v) is 12.2. The fourth-order valence-corrected chi connectivity index (χ4v) is 7.19. The number of ether oxygens (including phenoxy) is 2. The van der Waals surface area contributed by atoms with Gasteiger partial charge in [-0.2, -0.15) is 0 Å². The molecule has 0 aromatic heterocycles. The monoisotopic (exact) mass is 631 g/mol. The van der Waals surface area contributed by atoms with Crippen LogP contribution in [0.3, 0.4) is 0 Å². The highest BCUT2D eigenvalue weighted by Crippen LogP contribution is 2.37. The summed E-state index contributed by atoms with van der Waals surface area (Å²) in [6, 6.07) is 33.2. The van der Waals surface area contributed by atoms with E-state index in [0.29, 0.717) is 56.2 Å². The molecule has 2 aliphatic heterocycles. The zero-order valence-corrected chi connectivity index (χ0v) is 27.2. The van der Waals surface area contributed by atoms with Crippen LogP contribution in [0.15, 0.2) is 103 Å². The Hall–Kier alpha value is -4.95. The number of carbonyl (C=O) groups excluding carboxylic acids is 3. The molecule has 2 heterocycles. The minimum absolute atomic E-state index is 0.0684. The van der Waals surface area contributed by atoms with Crippen LogP contribution in [0.1, 0.15) is 51.0 Å². The number of likely N-dealkylation sites (tertiary alicyclic amines) is 1. The third-order valence-corrected chi connectivity index (χ3v) is 9.48. The van der Waals surface area contributed by atoms with E-state index in [4.69, 9.17) is 9.47 Å². The predicted molar refractivity (Wildman–Crippen MR) is 181 cm³/mol. The highest BCUT2D eigenvalue weighted by molar-refractivity contribution is 6.43. The maximum Gasteiger partial charge on any atom is 0.295 e. The van der Waals surface area contributed by atoms with E-state index in [2.05, 4.69) is 53.4 Å². The molecule has 0 bridgehead atoms. The largest absolute Gasteiger partial charge is 0.493 e. The summed E-state index contributed by atoms with van der Waals surface area (Å²) in [5.41, 5.74) is 4.29. The van der Waals surface area contributed by atoms with Crippen LogP contribution in [0.2, 0.25) is 0 Å². The molecule has 242 valence electrons. The average molecular weight is 632 g/mol. The third kappa shape index (κ3) is 6.51. The number of nitrogens with zero attached hydrogens (tertiary/aromatic N) is 3. The molecule has 2 atom stereocenters. The van der Waals surface area contributed by atoms with E-state index in [1.165, 1.54) is 36.3 Å². The summed E-state index contributed by atoms with van der Waals surface area (Å²) in [7, 11) is 3.03. The summed E-state index contributed by atoms with van der Waals surface area (Å²) in [5, 5.41) is 0. The normalized spacial score (nSPS) is 18.3. The zero-order chi connectivity index (χ0) is 32.9. The molecule has 0 N–H and O–H groups in total. The molecule has 6 rings (SSSR count). The molecular weight excluding hydrogens is 590 g/mol. The number of methoxy groups -OCH3 is 2. The van der Waals surface area contributed by atoms with Crippen LogP contribution in [0.4, 0.5) is 0 Å². The van der Waals surface area contributed by atoms with E-state index < -0.39 is 17.7 Å². The van der Waals surface area contributed by atoms with E-state index in [0.717, 1.165) is 5.56 Å². The zero-order valence-electron chi connectivity index (χ0n) is 27.2. The Labute approximate surface area is 276 Å². The quantitative estimate of drug-likeness (QED) is 0.179. The van der Waals surface area contributed by atoms with Crippen molar-refractivity contribution in [2.45, 2.75) is 31.3 Å². The van der Waals surface area contributed by atoms with Crippen molar-refractivity contribution in [1.82, 2.24) is 14.7 Å². The maximum atomic E-state index is 14.5. The molecular formula is C39H41N3O5. The maximum absolute atomic E-state index is 14.5. The number of amides is 2. The lowest BCUT2D eigenvalue weighted by molar-refractivity contribution is -0.143. The van der Waals surface area contributed by atoms with Gasteiger partial charge < -0.3 is 19.3 Å². The van der Waals surface area contributed by atoms with Crippen molar-refractivity contribution in [2.24, 2.45) is 0 Å². The van der Waals surface area contributed by atoms with Crippen molar-refractivity contribution in [3.63, 3.8) is 0 Å². The number of ketones is 1. The Bertz CT molecular complexity index is 1670. The van der Waals surface area contributed by atoms with Gasteiger partial charge in [-0.25, -0.2) is 0 Å². The first kappa shape index (κ1) is 32.0. The Balaban J connectivity index is 1.25. The molecule has 2 fully saturated rings. The summed E-state index contributed by atoms with van der Waals surface area (Å²) in [5.74, 6) is -0.791. The number of hydrogen-bond donors (Lipinski definition) is 0. The van der Waals surface area contributed by atoms with Crippen molar-refractivity contribution >= 4 is 17.6 Å². The predicted octanol–water partition coefficient (Wildman–Crippen LogP) is 5.51. The smallest absolute Gasteiger partial charge is 0.295 e. The molecule has 0 saturated carbocycles. The van der Waals surface area contributed by atoms with Crippen LogP contribution in [0, 0.1) is 6.92 Å². The van der Waals surface area contributed by atoms with Gasteiger partial charge in [-0.1, -0.05) is 91.0 Å². The van der Waals surface area contributed by atoms with Crippen LogP contribution >= 0.6 is 0 Å². The fraction of sp³-hybridized carbons (Fsp3) is 0.308. The van der Waals surface area contributed by atoms with Gasteiger partial charge in [-0.15, -0.1) is 0 Å². The molecule has 0 radical (unpaired) electrons. The standard InChI is InChI=1S/C39H41N3O5/c1-27-25-31(26-33(46-2)37(27)47-3)36(43)39(45)42-20-19-32(28-13-7-4-8-14-28)35(42)38(44)41-23-21-40(22-24-41)34(29-15-9-5-10-16-29)30-17-11-6-12-18-30/h4-18,25-26,32,34-35H,19-24H2,1-3H3/t32-,35?/m1/s1. The third-order valence-electron chi connectivity index (χ3n) is 9.48. The second kappa shape index (κ2) is 14.2. The summed E-state index contributed by atoms with van der Waals surface area (Å²) in [6.45, 7) is 4.53. The van der Waals surface area contributed by atoms with Gasteiger partial charge in [0.05, 0.1) is 20.3 Å². The Morgan fingerprint density at radius 2 is 1.30 bits per heavy atom. The van der Waals surface area contributed by atoms with Gasteiger partial charge in [0.2, 0.25) is 5.91 Å². The van der Waals surface area contributed by atoms with Crippen molar-refractivity contribution < 1.29 is 23.9 Å². The minimum atomic E-state index is -0.777. The van der Waals surface area contributed by atoms with E-state index in [-0.39, 0.29) is 23.4 Å². The van der Waals surface area contributed by atoms with E-state index in [1.54, 1.807) is 13.0 Å². The highest BCUT2D eigenvalue weighted by atomic mass is 16.5. The number of rotatable bonds is 9. The Kier molecular flexibility index (Phi) is 9.68. The van der Waals surface area contributed by atoms with E-state index in [1.807, 2.05) is 47.4 Å². The van der Waals surface area contributed by atoms with Gasteiger partial charge in [0.1, 0.15) is 6.04 Å². The molecule has 2 amide bonds. The molecule has 4 aromatic carbocycles. The van der Waals surface area contributed by atoms with Crippen LogP contribution < -0.4 is 9.47 Å². The van der Waals surface area contributed by atoms with Gasteiger partial charge in [0.15, 0.2) is 11.5 Å². The van der Waals surface area contributed by atoms with Gasteiger partial charge >= 0.3 is 0 Å². The number of hydrogen-bond acceptors (Lipinski definition) is 6. The lowest BCUT2D eigenvalue weighted by Gasteiger charge is -2.41. The molecule has 8 heteroatoms. The van der Waals surface area contributed by atoms with Crippen LogP contribution in [0.25, 0.3) is 0 Å². The topological polar surface area (TPSA) is 79.4 Å². The molecule has 0 spiro atoms. The molecule has 47 heavy (non-hydrogen) atoms. The summed E-state index contributed by atoms with van der Waals surface area (Å²) >= 11 is 0. The molecule has 4 aromatic rings. The number of piperazine rings is 1. The molecule has 2 saturated heterocycles. The first-order chi connectivity index (χ1) is 22.9. The van der Waals surface area contributed by atoms with Crippen molar-refractivity contribution in [2.75, 3.05) is 46.9 Å². The number of benzene rings is 4. The van der Waals surface area contributed by atoms with Gasteiger partial charge in [-0.3, -0.25) is 19.3 Å². The highest BCUT2D eigenvalue weighted by Gasteiger charge is 2.46. The molecule has 8 nitrogen and oxygen atoms in total. The summed E-state index contributed by atoms with van der Waals surface area (Å²) in [4.78, 5) is 47.9. The van der Waals surface area contributed by atoms with Crippen molar-refractivity contribution in [1.29, 1.82) is 0 Å². The van der Waals surface area contributed by atoms with Crippen molar-refractivity contribution in [3.8, 4) is 11.5 Å². The Morgan fingerprint density at radius 3 is 1.85 bits per heavy atom. The summed E-state index contributed by atoms with van der Waals surface area (Å²) < 4.78 is 10.9. The second-order valence-electron chi connectivity index (χ2n) is 12.2. The van der Waals surface area contributed by atoms with Gasteiger partial charge in [-0.05, 0) is 47.7 Å². The van der Waals surface area contributed by atoms with Crippen LogP contribution in [-0.2, 0) is 9.59 Å². The molecule has 1 unspecified atom stereocenters. The van der Waals surface area contributed by atoms with E-state index in [9.17, 15) is 14.4 Å². The van der Waals surface area contributed by atoms with E-state index >= 15 is 0 Å². The fourth-order valence-electron chi connectivity index (χ4n) is 7.19. The van der Waals surface area contributed by atoms with Gasteiger partial charge in [0, 0.05) is 44.2 Å². The number of carbonyl (C=O) groups is 3. The Morgan fingerprint density at radius 1 is 0.723 bits per heavy atom. The molecule has 2 aliphatic rings. The number of aryl methyl sites for hydroxylation is 1. The molecule has 0 aliphatic carbocycles. The van der Waals surface area contributed by atoms with Crippen LogP contribution in [-0.4, -0.2) is 85.3 Å². The first-order valence-corrected chi connectivity index (χ1v) is 16.2. The average Bonchev–Trinajstić information content (AvgIpc) is 3.57. The van der Waals surface area contributed by atoms with Crippen molar-refractivity contribution in [3.05, 3.63) is 131 Å². The SMILES string of the molecule is COc1cc(C(=O)C(=O)N2CC[C@H](c3ccccc3)C2C(=O)N2CCN(C(c3ccccc3)c3ccccc3)CC2)cc(C)c1OC. The number of Topliss-reactive ketones (excluding diaryl/α,β-unsaturated/α-hetero) is 1. The lowest BCUT2D eigenvalue weighted by Crippen LogP contribution is -2.56.